The summed E-state index contributed by atoms with van der Waals surface area (Å²) in [6, 6.07) is 3.51. The number of aromatic amines is 1. The Kier molecular flexibility index (Phi) is 4.70. The molecule has 0 saturated heterocycles. The molecule has 0 unspecified atom stereocenters. The second-order valence-corrected chi connectivity index (χ2v) is 4.53. The third kappa shape index (κ3) is 4.27. The molecule has 0 aliphatic carbocycles. The number of nitriles is 1. The quantitative estimate of drug-likeness (QED) is 0.838. The number of H-pyrrole nitrogens is 1. The van der Waals surface area contributed by atoms with Gasteiger partial charge in [-0.3, -0.25) is 4.98 Å². The molecule has 1 rings (SSSR count). The van der Waals surface area contributed by atoms with Crippen molar-refractivity contribution in [3.05, 3.63) is 22.2 Å². The SMILES string of the molecule is CC(C)CCCN(C)c1cc(C#N)[nH]c(=O)n1. The molecule has 0 saturated carbocycles. The standard InChI is InChI=1S/C12H18N4O/c1-9(2)5-4-6-16(3)11-7-10(8-13)14-12(17)15-11/h7,9H,4-6H2,1-3H3,(H,14,15,17). The van der Waals surface area contributed by atoms with Gasteiger partial charge >= 0.3 is 5.69 Å². The molecule has 0 atom stereocenters. The Bertz CT molecular complexity index is 458. The van der Waals surface area contributed by atoms with Crippen molar-refractivity contribution >= 4 is 5.82 Å². The number of nitrogens with zero attached hydrogens (tertiary/aromatic N) is 3. The first-order valence-corrected chi connectivity index (χ1v) is 5.75. The molecule has 5 nitrogen and oxygen atoms in total. The molecular formula is C12H18N4O. The zero-order valence-corrected chi connectivity index (χ0v) is 10.5. The van der Waals surface area contributed by atoms with Crippen molar-refractivity contribution in [1.82, 2.24) is 9.97 Å². The van der Waals surface area contributed by atoms with Gasteiger partial charge in [0.1, 0.15) is 17.6 Å². The second-order valence-electron chi connectivity index (χ2n) is 4.53. The molecule has 0 aliphatic rings. The van der Waals surface area contributed by atoms with E-state index in [1.807, 2.05) is 18.0 Å². The molecule has 0 bridgehead atoms. The largest absolute Gasteiger partial charge is 0.359 e. The smallest absolute Gasteiger partial charge is 0.347 e. The van der Waals surface area contributed by atoms with Crippen LogP contribution in [0, 0.1) is 17.2 Å². The van der Waals surface area contributed by atoms with Gasteiger partial charge in [-0.15, -0.1) is 0 Å². The summed E-state index contributed by atoms with van der Waals surface area (Å²) in [5.41, 5.74) is -0.231. The van der Waals surface area contributed by atoms with Gasteiger partial charge in [-0.2, -0.15) is 10.2 Å². The molecule has 92 valence electrons. The van der Waals surface area contributed by atoms with Gasteiger partial charge in [0.15, 0.2) is 0 Å². The minimum absolute atomic E-state index is 0.246. The Hall–Kier alpha value is -1.83. The lowest BCUT2D eigenvalue weighted by Crippen LogP contribution is -2.24. The molecule has 0 aromatic carbocycles. The summed E-state index contributed by atoms with van der Waals surface area (Å²) in [6.07, 6.45) is 2.18. The minimum Gasteiger partial charge on any atom is -0.359 e. The summed E-state index contributed by atoms with van der Waals surface area (Å²) in [5.74, 6) is 1.22. The Balaban J connectivity index is 2.69. The lowest BCUT2D eigenvalue weighted by atomic mass is 10.1. The van der Waals surface area contributed by atoms with Crippen LogP contribution < -0.4 is 10.6 Å². The molecule has 1 aromatic heterocycles. The molecule has 1 N–H and O–H groups in total. The van der Waals surface area contributed by atoms with E-state index in [0.29, 0.717) is 11.7 Å². The van der Waals surface area contributed by atoms with E-state index in [-0.39, 0.29) is 5.69 Å². The fourth-order valence-electron chi connectivity index (χ4n) is 1.55. The van der Waals surface area contributed by atoms with Gasteiger partial charge in [-0.1, -0.05) is 13.8 Å². The molecular weight excluding hydrogens is 216 g/mol. The maximum absolute atomic E-state index is 11.2. The molecule has 0 amide bonds. The van der Waals surface area contributed by atoms with Crippen molar-refractivity contribution in [3.8, 4) is 6.07 Å². The summed E-state index contributed by atoms with van der Waals surface area (Å²) < 4.78 is 0. The average molecular weight is 234 g/mol. The van der Waals surface area contributed by atoms with Crippen molar-refractivity contribution in [2.45, 2.75) is 26.7 Å². The molecule has 17 heavy (non-hydrogen) atoms. The van der Waals surface area contributed by atoms with Gasteiger partial charge in [0.25, 0.3) is 0 Å². The van der Waals surface area contributed by atoms with Crippen LogP contribution in [0.1, 0.15) is 32.4 Å². The van der Waals surface area contributed by atoms with Crippen LogP contribution >= 0.6 is 0 Å². The highest BCUT2D eigenvalue weighted by Crippen LogP contribution is 2.10. The Labute approximate surface area is 101 Å². The third-order valence-corrected chi connectivity index (χ3v) is 2.52. The summed E-state index contributed by atoms with van der Waals surface area (Å²) >= 11 is 0. The first kappa shape index (κ1) is 13.2. The van der Waals surface area contributed by atoms with Crippen LogP contribution in [0.25, 0.3) is 0 Å². The number of hydrogen-bond donors (Lipinski definition) is 1. The van der Waals surface area contributed by atoms with Crippen LogP contribution in [0.3, 0.4) is 0 Å². The third-order valence-electron chi connectivity index (χ3n) is 2.52. The van der Waals surface area contributed by atoms with Crippen molar-refractivity contribution in [2.75, 3.05) is 18.5 Å². The fraction of sp³-hybridized carbons (Fsp3) is 0.583. The van der Waals surface area contributed by atoms with Gasteiger partial charge in [0.2, 0.25) is 0 Å². The lowest BCUT2D eigenvalue weighted by Gasteiger charge is -2.18. The summed E-state index contributed by atoms with van der Waals surface area (Å²) in [6.45, 7) is 5.19. The predicted octanol–water partition coefficient (Wildman–Crippen LogP) is 1.51. The van der Waals surface area contributed by atoms with Crippen molar-refractivity contribution in [2.24, 2.45) is 5.92 Å². The van der Waals surface area contributed by atoms with Gasteiger partial charge < -0.3 is 4.90 Å². The maximum Gasteiger partial charge on any atom is 0.347 e. The van der Waals surface area contributed by atoms with Crippen LogP contribution in [0.2, 0.25) is 0 Å². The average Bonchev–Trinajstić information content (AvgIpc) is 2.27. The van der Waals surface area contributed by atoms with E-state index in [1.165, 1.54) is 0 Å². The van der Waals surface area contributed by atoms with E-state index >= 15 is 0 Å². The minimum atomic E-state index is -0.477. The van der Waals surface area contributed by atoms with Crippen LogP contribution in [-0.4, -0.2) is 23.6 Å². The van der Waals surface area contributed by atoms with E-state index in [4.69, 9.17) is 5.26 Å². The Morgan fingerprint density at radius 1 is 1.59 bits per heavy atom. The molecule has 1 aromatic rings. The van der Waals surface area contributed by atoms with Gasteiger partial charge in [0.05, 0.1) is 0 Å². The van der Waals surface area contributed by atoms with E-state index in [9.17, 15) is 4.79 Å². The van der Waals surface area contributed by atoms with E-state index in [0.717, 1.165) is 19.4 Å². The van der Waals surface area contributed by atoms with E-state index in [2.05, 4.69) is 23.8 Å². The van der Waals surface area contributed by atoms with Crippen LogP contribution in [0.5, 0.6) is 0 Å². The van der Waals surface area contributed by atoms with Crippen LogP contribution in [0.15, 0.2) is 10.9 Å². The molecule has 0 spiro atoms. The lowest BCUT2D eigenvalue weighted by molar-refractivity contribution is 0.555. The fourth-order valence-corrected chi connectivity index (χ4v) is 1.55. The van der Waals surface area contributed by atoms with Gasteiger partial charge in [-0.25, -0.2) is 4.79 Å². The molecule has 0 aliphatic heterocycles. The van der Waals surface area contributed by atoms with Gasteiger partial charge in [-0.05, 0) is 18.8 Å². The van der Waals surface area contributed by atoms with Crippen molar-refractivity contribution in [3.63, 3.8) is 0 Å². The number of nitrogens with one attached hydrogen (secondary N) is 1. The zero-order chi connectivity index (χ0) is 12.8. The maximum atomic E-state index is 11.2. The summed E-state index contributed by atoms with van der Waals surface area (Å²) in [5, 5.41) is 8.75. The van der Waals surface area contributed by atoms with E-state index in [1.54, 1.807) is 6.07 Å². The number of anilines is 1. The van der Waals surface area contributed by atoms with E-state index < -0.39 is 5.69 Å². The number of hydrogen-bond acceptors (Lipinski definition) is 4. The second kappa shape index (κ2) is 6.04. The highest BCUT2D eigenvalue weighted by Gasteiger charge is 2.06. The highest BCUT2D eigenvalue weighted by atomic mass is 16.1. The molecule has 5 heteroatoms. The summed E-state index contributed by atoms with van der Waals surface area (Å²) in [4.78, 5) is 19.3. The first-order valence-electron chi connectivity index (χ1n) is 5.75. The zero-order valence-electron chi connectivity index (χ0n) is 10.5. The predicted molar refractivity (Wildman–Crippen MR) is 66.9 cm³/mol. The molecule has 0 radical (unpaired) electrons. The Morgan fingerprint density at radius 3 is 2.88 bits per heavy atom. The first-order chi connectivity index (χ1) is 8.02. The molecule has 1 heterocycles. The highest BCUT2D eigenvalue weighted by molar-refractivity contribution is 5.40. The van der Waals surface area contributed by atoms with Crippen molar-refractivity contribution in [1.29, 1.82) is 5.26 Å². The van der Waals surface area contributed by atoms with Gasteiger partial charge in [0, 0.05) is 19.7 Å². The normalized spacial score (nSPS) is 10.3. The number of rotatable bonds is 5. The molecule has 0 fully saturated rings. The number of aromatic nitrogens is 2. The topological polar surface area (TPSA) is 72.8 Å². The van der Waals surface area contributed by atoms with Crippen LogP contribution in [-0.2, 0) is 0 Å². The van der Waals surface area contributed by atoms with Crippen LogP contribution in [0.4, 0.5) is 5.82 Å². The summed E-state index contributed by atoms with van der Waals surface area (Å²) in [7, 11) is 1.88. The Morgan fingerprint density at radius 2 is 2.29 bits per heavy atom. The van der Waals surface area contributed by atoms with Crippen molar-refractivity contribution < 1.29 is 0 Å². The monoisotopic (exact) mass is 234 g/mol.